The van der Waals surface area contributed by atoms with Crippen molar-refractivity contribution in [3.63, 3.8) is 0 Å². The summed E-state index contributed by atoms with van der Waals surface area (Å²) >= 11 is 0. The summed E-state index contributed by atoms with van der Waals surface area (Å²) in [4.78, 5) is 2.41. The summed E-state index contributed by atoms with van der Waals surface area (Å²) in [5.41, 5.74) is 1.54. The Kier molecular flexibility index (Phi) is 7.94. The van der Waals surface area contributed by atoms with Crippen molar-refractivity contribution in [3.05, 3.63) is 35.9 Å². The molecule has 21 heavy (non-hydrogen) atoms. The lowest BCUT2D eigenvalue weighted by atomic mass is 9.80. The first-order valence-corrected chi connectivity index (χ1v) is 7.97. The van der Waals surface area contributed by atoms with Crippen LogP contribution in [-0.2, 0) is 4.74 Å². The van der Waals surface area contributed by atoms with Crippen LogP contribution in [0.3, 0.4) is 0 Å². The summed E-state index contributed by atoms with van der Waals surface area (Å²) < 4.78 is 5.14. The minimum Gasteiger partial charge on any atom is -0.385 e. The second kappa shape index (κ2) is 9.19. The maximum absolute atomic E-state index is 5.14. The molecular weight excluding hydrogens is 260 g/mol. The van der Waals surface area contributed by atoms with Crippen LogP contribution in [0.5, 0.6) is 0 Å². The van der Waals surface area contributed by atoms with Crippen molar-refractivity contribution in [3.8, 4) is 0 Å². The zero-order valence-electron chi connectivity index (χ0n) is 14.4. The molecule has 120 valence electrons. The first-order chi connectivity index (χ1) is 10.0. The third-order valence-corrected chi connectivity index (χ3v) is 3.89. The van der Waals surface area contributed by atoms with Crippen LogP contribution in [-0.4, -0.2) is 45.3 Å². The Balaban J connectivity index is 2.71. The molecule has 1 aromatic rings. The van der Waals surface area contributed by atoms with E-state index < -0.39 is 0 Å². The maximum Gasteiger partial charge on any atom is 0.0474 e. The molecule has 0 fully saturated rings. The van der Waals surface area contributed by atoms with Crippen LogP contribution in [0.15, 0.2) is 30.3 Å². The molecule has 1 rings (SSSR count). The van der Waals surface area contributed by atoms with Gasteiger partial charge in [-0.1, -0.05) is 51.1 Å². The van der Waals surface area contributed by atoms with E-state index in [0.717, 1.165) is 32.7 Å². The molecule has 0 amide bonds. The Hall–Kier alpha value is -0.900. The molecule has 0 aliphatic carbocycles. The van der Waals surface area contributed by atoms with E-state index in [1.165, 1.54) is 5.56 Å². The lowest BCUT2D eigenvalue weighted by molar-refractivity contribution is 0.138. The minimum absolute atomic E-state index is 0.166. The van der Waals surface area contributed by atoms with Crippen molar-refractivity contribution in [2.24, 2.45) is 5.41 Å². The Labute approximate surface area is 130 Å². The quantitative estimate of drug-likeness (QED) is 0.669. The van der Waals surface area contributed by atoms with Crippen molar-refractivity contribution in [2.75, 3.05) is 40.4 Å². The molecule has 3 nitrogen and oxygen atoms in total. The number of nitrogens with zero attached hydrogens (tertiary/aromatic N) is 1. The second-order valence-corrected chi connectivity index (χ2v) is 6.47. The van der Waals surface area contributed by atoms with Gasteiger partial charge in [0.15, 0.2) is 0 Å². The summed E-state index contributed by atoms with van der Waals surface area (Å²) in [5.74, 6) is 0. The molecular formula is C18H32N2O. The molecule has 0 spiro atoms. The summed E-state index contributed by atoms with van der Waals surface area (Å²) in [6, 6.07) is 11.1. The molecule has 3 heteroatoms. The number of hydrogen-bond donors (Lipinski definition) is 1. The van der Waals surface area contributed by atoms with Crippen LogP contribution < -0.4 is 5.32 Å². The molecule has 1 aromatic carbocycles. The molecule has 1 unspecified atom stereocenters. The second-order valence-electron chi connectivity index (χ2n) is 6.47. The first kappa shape index (κ1) is 18.1. The van der Waals surface area contributed by atoms with Gasteiger partial charge in [0, 0.05) is 32.8 Å². The number of ether oxygens (including phenoxy) is 1. The molecule has 0 aromatic heterocycles. The third kappa shape index (κ3) is 6.16. The van der Waals surface area contributed by atoms with Gasteiger partial charge in [0.1, 0.15) is 0 Å². The van der Waals surface area contributed by atoms with E-state index in [9.17, 15) is 0 Å². The van der Waals surface area contributed by atoms with Crippen LogP contribution in [0.2, 0.25) is 0 Å². The Morgan fingerprint density at radius 3 is 2.48 bits per heavy atom. The summed E-state index contributed by atoms with van der Waals surface area (Å²) in [5, 5.41) is 3.66. The molecule has 0 saturated carbocycles. The topological polar surface area (TPSA) is 24.5 Å². The molecule has 0 saturated heterocycles. The fourth-order valence-corrected chi connectivity index (χ4v) is 3.04. The molecule has 1 N–H and O–H groups in total. The van der Waals surface area contributed by atoms with E-state index in [0.29, 0.717) is 6.04 Å². The summed E-state index contributed by atoms with van der Waals surface area (Å²) in [6.07, 6.45) is 1.08. The highest BCUT2D eigenvalue weighted by atomic mass is 16.5. The van der Waals surface area contributed by atoms with Crippen molar-refractivity contribution < 1.29 is 4.74 Å². The Bertz CT molecular complexity index is 378. The average Bonchev–Trinajstić information content (AvgIpc) is 2.45. The summed E-state index contributed by atoms with van der Waals surface area (Å²) in [7, 11) is 3.96. The van der Waals surface area contributed by atoms with Crippen LogP contribution in [0, 0.1) is 5.41 Å². The van der Waals surface area contributed by atoms with Crippen molar-refractivity contribution in [2.45, 2.75) is 33.2 Å². The van der Waals surface area contributed by atoms with Crippen LogP contribution >= 0.6 is 0 Å². The molecule has 0 aliphatic rings. The zero-order valence-corrected chi connectivity index (χ0v) is 14.4. The van der Waals surface area contributed by atoms with Crippen molar-refractivity contribution >= 4 is 0 Å². The largest absolute Gasteiger partial charge is 0.385 e. The van der Waals surface area contributed by atoms with Gasteiger partial charge in [0.25, 0.3) is 0 Å². The molecule has 0 bridgehead atoms. The number of benzene rings is 1. The van der Waals surface area contributed by atoms with Gasteiger partial charge in [-0.15, -0.1) is 0 Å². The summed E-state index contributed by atoms with van der Waals surface area (Å²) in [6.45, 7) is 10.8. The predicted molar refractivity (Wildman–Crippen MR) is 90.6 cm³/mol. The van der Waals surface area contributed by atoms with Gasteiger partial charge in [-0.05, 0) is 31.0 Å². The maximum atomic E-state index is 5.14. The first-order valence-electron chi connectivity index (χ1n) is 7.97. The normalized spacial score (nSPS) is 13.6. The van der Waals surface area contributed by atoms with Gasteiger partial charge in [-0.3, -0.25) is 0 Å². The zero-order chi connectivity index (χ0) is 15.7. The van der Waals surface area contributed by atoms with Gasteiger partial charge in [0.2, 0.25) is 0 Å². The Morgan fingerprint density at radius 1 is 1.24 bits per heavy atom. The van der Waals surface area contributed by atoms with E-state index in [1.54, 1.807) is 7.11 Å². The number of hydrogen-bond acceptors (Lipinski definition) is 3. The standard InChI is InChI=1S/C18H32N2O/c1-6-19-17(16-11-8-7-9-12-16)18(2,3)15-20(4)13-10-14-21-5/h7-9,11-12,17,19H,6,10,13-15H2,1-5H3. The smallest absolute Gasteiger partial charge is 0.0474 e. The minimum atomic E-state index is 0.166. The number of nitrogens with one attached hydrogen (secondary N) is 1. The van der Waals surface area contributed by atoms with Gasteiger partial charge >= 0.3 is 0 Å². The van der Waals surface area contributed by atoms with Crippen molar-refractivity contribution in [1.82, 2.24) is 10.2 Å². The average molecular weight is 292 g/mol. The lowest BCUT2D eigenvalue weighted by Crippen LogP contribution is -2.42. The molecule has 0 aliphatic heterocycles. The predicted octanol–water partition coefficient (Wildman–Crippen LogP) is 3.33. The van der Waals surface area contributed by atoms with E-state index in [4.69, 9.17) is 4.74 Å². The van der Waals surface area contributed by atoms with E-state index in [1.807, 2.05) is 0 Å². The van der Waals surface area contributed by atoms with E-state index >= 15 is 0 Å². The third-order valence-electron chi connectivity index (χ3n) is 3.89. The van der Waals surface area contributed by atoms with Crippen LogP contribution in [0.4, 0.5) is 0 Å². The van der Waals surface area contributed by atoms with Crippen molar-refractivity contribution in [1.29, 1.82) is 0 Å². The van der Waals surface area contributed by atoms with Crippen LogP contribution in [0.1, 0.15) is 38.8 Å². The van der Waals surface area contributed by atoms with Crippen LogP contribution in [0.25, 0.3) is 0 Å². The molecule has 1 atom stereocenters. The fourth-order valence-electron chi connectivity index (χ4n) is 3.04. The molecule has 0 heterocycles. The number of rotatable bonds is 10. The van der Waals surface area contributed by atoms with E-state index in [2.05, 4.69) is 68.4 Å². The SMILES string of the molecule is CCNC(c1ccccc1)C(C)(C)CN(C)CCCOC. The van der Waals surface area contributed by atoms with E-state index in [-0.39, 0.29) is 5.41 Å². The van der Waals surface area contributed by atoms with Gasteiger partial charge in [-0.25, -0.2) is 0 Å². The van der Waals surface area contributed by atoms with Gasteiger partial charge < -0.3 is 15.0 Å². The highest BCUT2D eigenvalue weighted by Gasteiger charge is 2.31. The van der Waals surface area contributed by atoms with Gasteiger partial charge in [-0.2, -0.15) is 0 Å². The lowest BCUT2D eigenvalue weighted by Gasteiger charge is -2.38. The van der Waals surface area contributed by atoms with Gasteiger partial charge in [0.05, 0.1) is 0 Å². The molecule has 0 radical (unpaired) electrons. The highest BCUT2D eigenvalue weighted by molar-refractivity contribution is 5.21. The Morgan fingerprint density at radius 2 is 1.90 bits per heavy atom. The fraction of sp³-hybridized carbons (Fsp3) is 0.667. The number of methoxy groups -OCH3 is 1. The highest BCUT2D eigenvalue weighted by Crippen LogP contribution is 2.33. The monoisotopic (exact) mass is 292 g/mol.